The summed E-state index contributed by atoms with van der Waals surface area (Å²) in [4.78, 5) is 40.6. The van der Waals surface area contributed by atoms with Crippen LogP contribution < -0.4 is 16.0 Å². The molecule has 0 aliphatic carbocycles. The molecule has 0 bridgehead atoms. The Morgan fingerprint density at radius 2 is 1.85 bits per heavy atom. The van der Waals surface area contributed by atoms with Gasteiger partial charge in [0.15, 0.2) is 0 Å². The Morgan fingerprint density at radius 1 is 1.12 bits per heavy atom. The lowest BCUT2D eigenvalue weighted by Gasteiger charge is -2.32. The van der Waals surface area contributed by atoms with E-state index in [1.54, 1.807) is 14.0 Å². The van der Waals surface area contributed by atoms with Gasteiger partial charge in [-0.05, 0) is 18.4 Å². The lowest BCUT2D eigenvalue weighted by molar-refractivity contribution is -0.141. The van der Waals surface area contributed by atoms with Gasteiger partial charge in [0.1, 0.15) is 12.1 Å². The Bertz CT molecular complexity index is 799. The summed E-state index contributed by atoms with van der Waals surface area (Å²) < 4.78 is 5.59. The smallest absolute Gasteiger partial charge is 0.243 e. The molecule has 0 unspecified atom stereocenters. The second kappa shape index (κ2) is 13.7. The normalized spacial score (nSPS) is 26.1. The number of hydrogen-bond acceptors (Lipinski definition) is 5. The van der Waals surface area contributed by atoms with Gasteiger partial charge in [0.05, 0.1) is 19.3 Å². The van der Waals surface area contributed by atoms with E-state index in [1.807, 2.05) is 56.3 Å². The average Bonchev–Trinajstić information content (AvgIpc) is 2.83. The molecule has 4 atom stereocenters. The second-order valence-corrected chi connectivity index (χ2v) is 8.48. The molecular formula is C25H38N4O4. The third-order valence-electron chi connectivity index (χ3n) is 6.09. The quantitative estimate of drug-likeness (QED) is 0.590. The van der Waals surface area contributed by atoms with E-state index in [0.29, 0.717) is 32.7 Å². The molecule has 0 aromatic heterocycles. The minimum Gasteiger partial charge on any atom is -0.376 e. The maximum Gasteiger partial charge on any atom is 0.243 e. The molecule has 1 aliphatic rings. The zero-order chi connectivity index (χ0) is 24.2. The van der Waals surface area contributed by atoms with Crippen molar-refractivity contribution in [1.29, 1.82) is 0 Å². The minimum absolute atomic E-state index is 0.0915. The largest absolute Gasteiger partial charge is 0.376 e. The van der Waals surface area contributed by atoms with Crippen LogP contribution in [-0.2, 0) is 25.5 Å². The zero-order valence-electron chi connectivity index (χ0n) is 20.2. The number of ether oxygens (including phenoxy) is 1. The molecule has 3 amide bonds. The molecule has 1 heterocycles. The number of rotatable bonds is 4. The summed E-state index contributed by atoms with van der Waals surface area (Å²) in [6, 6.07) is 7.62. The van der Waals surface area contributed by atoms with E-state index < -0.39 is 18.1 Å². The Hall–Kier alpha value is -2.71. The molecule has 8 heteroatoms. The number of benzene rings is 1. The van der Waals surface area contributed by atoms with E-state index in [0.717, 1.165) is 12.0 Å². The third-order valence-corrected chi connectivity index (χ3v) is 6.09. The molecular weight excluding hydrogens is 420 g/mol. The fourth-order valence-electron chi connectivity index (χ4n) is 3.58. The molecule has 1 aromatic carbocycles. The van der Waals surface area contributed by atoms with Crippen LogP contribution in [0.1, 0.15) is 32.8 Å². The Balaban J connectivity index is 2.23. The number of carbonyl (C=O) groups excluding carboxylic acids is 3. The predicted molar refractivity (Wildman–Crippen MR) is 129 cm³/mol. The van der Waals surface area contributed by atoms with Gasteiger partial charge in [0.25, 0.3) is 0 Å². The summed E-state index contributed by atoms with van der Waals surface area (Å²) in [5.41, 5.74) is 0.936. The third kappa shape index (κ3) is 8.29. The van der Waals surface area contributed by atoms with E-state index in [1.165, 1.54) is 4.90 Å². The molecule has 0 spiro atoms. The maximum atomic E-state index is 13.2. The minimum atomic E-state index is -0.755. The van der Waals surface area contributed by atoms with Crippen molar-refractivity contribution in [3.63, 3.8) is 0 Å². The van der Waals surface area contributed by atoms with Crippen molar-refractivity contribution in [2.75, 3.05) is 33.4 Å². The van der Waals surface area contributed by atoms with E-state index >= 15 is 0 Å². The molecule has 0 radical (unpaired) electrons. The van der Waals surface area contributed by atoms with Crippen LogP contribution in [0.4, 0.5) is 0 Å². The number of nitrogens with zero attached hydrogens (tertiary/aromatic N) is 1. The fraction of sp³-hybridized carbons (Fsp3) is 0.560. The summed E-state index contributed by atoms with van der Waals surface area (Å²) in [6.07, 6.45) is 4.84. The van der Waals surface area contributed by atoms with Crippen molar-refractivity contribution >= 4 is 17.7 Å². The van der Waals surface area contributed by atoms with Crippen molar-refractivity contribution in [1.82, 2.24) is 20.9 Å². The lowest BCUT2D eigenvalue weighted by Crippen LogP contribution is -2.57. The summed E-state index contributed by atoms with van der Waals surface area (Å²) in [5.74, 6) is -0.704. The fourth-order valence-corrected chi connectivity index (χ4v) is 3.58. The van der Waals surface area contributed by atoms with Gasteiger partial charge in [-0.3, -0.25) is 14.4 Å². The Kier molecular flexibility index (Phi) is 11.1. The maximum absolute atomic E-state index is 13.2. The van der Waals surface area contributed by atoms with E-state index in [4.69, 9.17) is 4.74 Å². The summed E-state index contributed by atoms with van der Waals surface area (Å²) in [7, 11) is 1.63. The van der Waals surface area contributed by atoms with E-state index in [9.17, 15) is 14.4 Å². The second-order valence-electron chi connectivity index (χ2n) is 8.48. The molecule has 33 heavy (non-hydrogen) atoms. The van der Waals surface area contributed by atoms with Crippen LogP contribution in [0.5, 0.6) is 0 Å². The highest BCUT2D eigenvalue weighted by Gasteiger charge is 2.32. The molecule has 1 aliphatic heterocycles. The molecule has 1 aromatic rings. The highest BCUT2D eigenvalue weighted by Crippen LogP contribution is 2.13. The SMILES string of the molecule is CC[C@H](C)[C@@H]1NCCOC/C=C\CNC(=O)[C@@H](Cc2ccccc2)NC(=O)[C@@H](C)N(C)C1=O. The molecule has 182 valence electrons. The van der Waals surface area contributed by atoms with E-state index in [2.05, 4.69) is 16.0 Å². The monoisotopic (exact) mass is 458 g/mol. The van der Waals surface area contributed by atoms with Crippen molar-refractivity contribution in [2.24, 2.45) is 5.92 Å². The van der Waals surface area contributed by atoms with Crippen LogP contribution in [0, 0.1) is 5.92 Å². The Labute approximate surface area is 197 Å². The van der Waals surface area contributed by atoms with Crippen LogP contribution in [0.2, 0.25) is 0 Å². The van der Waals surface area contributed by atoms with Crippen molar-refractivity contribution in [3.8, 4) is 0 Å². The molecule has 0 saturated carbocycles. The van der Waals surface area contributed by atoms with Gasteiger partial charge in [-0.2, -0.15) is 0 Å². The predicted octanol–water partition coefficient (Wildman–Crippen LogP) is 1.27. The number of carbonyl (C=O) groups is 3. The Morgan fingerprint density at radius 3 is 2.55 bits per heavy atom. The summed E-state index contributed by atoms with van der Waals surface area (Å²) in [6.45, 7) is 7.46. The zero-order valence-corrected chi connectivity index (χ0v) is 20.2. The van der Waals surface area contributed by atoms with Gasteiger partial charge in [-0.25, -0.2) is 0 Å². The topological polar surface area (TPSA) is 99.8 Å². The standard InChI is InChI=1S/C25H38N4O4/c1-5-18(2)22-25(32)29(4)19(3)23(30)28-21(17-20-11-7-6-8-12-20)24(31)27-13-9-10-15-33-16-14-26-22/h6-12,18-19,21-22,26H,5,13-17H2,1-4H3,(H,27,31)(H,28,30)/b10-9-/t18-,19+,21+,22-/m0/s1. The van der Waals surface area contributed by atoms with Crippen molar-refractivity contribution in [2.45, 2.75) is 51.7 Å². The first-order valence-corrected chi connectivity index (χ1v) is 11.7. The van der Waals surface area contributed by atoms with Crippen molar-refractivity contribution in [3.05, 3.63) is 48.0 Å². The van der Waals surface area contributed by atoms with Crippen molar-refractivity contribution < 1.29 is 19.1 Å². The molecule has 0 fully saturated rings. The summed E-state index contributed by atoms with van der Waals surface area (Å²) in [5, 5.41) is 8.99. The molecule has 2 rings (SSSR count). The summed E-state index contributed by atoms with van der Waals surface area (Å²) >= 11 is 0. The van der Waals surface area contributed by atoms with Gasteiger partial charge in [0, 0.05) is 26.6 Å². The first kappa shape index (κ1) is 26.5. The number of hydrogen-bond donors (Lipinski definition) is 3. The highest BCUT2D eigenvalue weighted by molar-refractivity contribution is 5.93. The molecule has 8 nitrogen and oxygen atoms in total. The van der Waals surface area contributed by atoms with Crippen LogP contribution in [0.25, 0.3) is 0 Å². The van der Waals surface area contributed by atoms with Gasteiger partial charge in [-0.1, -0.05) is 62.8 Å². The van der Waals surface area contributed by atoms with Gasteiger partial charge in [-0.15, -0.1) is 0 Å². The molecule has 3 N–H and O–H groups in total. The van der Waals surface area contributed by atoms with Gasteiger partial charge in [0.2, 0.25) is 17.7 Å². The number of amides is 3. The first-order valence-electron chi connectivity index (χ1n) is 11.7. The van der Waals surface area contributed by atoms with E-state index in [-0.39, 0.29) is 23.6 Å². The number of likely N-dealkylation sites (N-methyl/N-ethyl adjacent to an activating group) is 1. The average molecular weight is 459 g/mol. The highest BCUT2D eigenvalue weighted by atomic mass is 16.5. The van der Waals surface area contributed by atoms with Crippen LogP contribution in [0.3, 0.4) is 0 Å². The first-order chi connectivity index (χ1) is 15.8. The lowest BCUT2D eigenvalue weighted by atomic mass is 9.97. The van der Waals surface area contributed by atoms with Gasteiger partial charge >= 0.3 is 0 Å². The number of nitrogens with one attached hydrogen (secondary N) is 3. The van der Waals surface area contributed by atoms with Crippen LogP contribution in [-0.4, -0.2) is 74.1 Å². The van der Waals surface area contributed by atoms with Crippen LogP contribution >= 0.6 is 0 Å². The molecule has 0 saturated heterocycles. The van der Waals surface area contributed by atoms with Gasteiger partial charge < -0.3 is 25.6 Å². The van der Waals surface area contributed by atoms with Crippen LogP contribution in [0.15, 0.2) is 42.5 Å².